The molecule has 154 valence electrons. The van der Waals surface area contributed by atoms with Crippen LogP contribution < -0.4 is 10.6 Å². The van der Waals surface area contributed by atoms with E-state index in [1.54, 1.807) is 6.92 Å². The molecule has 1 atom stereocenters. The highest BCUT2D eigenvalue weighted by molar-refractivity contribution is 7.93. The molecule has 1 aliphatic rings. The second-order valence-electron chi connectivity index (χ2n) is 6.95. The lowest BCUT2D eigenvalue weighted by Crippen LogP contribution is -2.58. The number of amides is 1. The number of carbonyl (C=O) groups is 1. The molecule has 0 saturated heterocycles. The van der Waals surface area contributed by atoms with E-state index >= 15 is 0 Å². The molecular weight excluding hydrogens is 384 g/mol. The van der Waals surface area contributed by atoms with Crippen LogP contribution in [-0.2, 0) is 14.6 Å². The Morgan fingerprint density at radius 2 is 1.86 bits per heavy atom. The standard InChI is InChI=1S/C19H26N2O6S/c1-3-4-13-27-16-9-11-17(12-10-16)28(25,26)19(2,18(23)21(20)24)14-5-7-15(22)8-6-14/h9-12,14-15,22,24H,5-8,13,20H2,1-2H3/t14?,15?,19-/m1/s1. The largest absolute Gasteiger partial charge is 0.481 e. The summed E-state index contributed by atoms with van der Waals surface area (Å²) in [5.74, 6) is 9.39. The van der Waals surface area contributed by atoms with Crippen molar-refractivity contribution in [1.82, 2.24) is 5.17 Å². The quantitative estimate of drug-likeness (QED) is 0.212. The van der Waals surface area contributed by atoms with Crippen molar-refractivity contribution in [3.8, 4) is 17.6 Å². The van der Waals surface area contributed by atoms with Crippen molar-refractivity contribution in [3.63, 3.8) is 0 Å². The van der Waals surface area contributed by atoms with Gasteiger partial charge in [0, 0.05) is 0 Å². The highest BCUT2D eigenvalue weighted by Crippen LogP contribution is 2.41. The number of hydroxylamine groups is 1. The minimum Gasteiger partial charge on any atom is -0.481 e. The van der Waals surface area contributed by atoms with Crippen LogP contribution in [0.5, 0.6) is 5.75 Å². The zero-order chi connectivity index (χ0) is 20.9. The molecule has 2 rings (SSSR count). The Hall–Kier alpha value is -2.12. The first-order valence-corrected chi connectivity index (χ1v) is 10.5. The molecule has 1 saturated carbocycles. The number of aliphatic hydroxyl groups excluding tert-OH is 1. The van der Waals surface area contributed by atoms with Gasteiger partial charge in [-0.2, -0.15) is 5.17 Å². The van der Waals surface area contributed by atoms with Gasteiger partial charge in [-0.15, -0.1) is 5.92 Å². The molecule has 0 spiro atoms. The molecule has 0 bridgehead atoms. The van der Waals surface area contributed by atoms with Crippen LogP contribution in [0.15, 0.2) is 29.2 Å². The monoisotopic (exact) mass is 410 g/mol. The van der Waals surface area contributed by atoms with E-state index in [1.165, 1.54) is 31.2 Å². The summed E-state index contributed by atoms with van der Waals surface area (Å²) in [4.78, 5) is 12.6. The van der Waals surface area contributed by atoms with Crippen molar-refractivity contribution in [2.24, 2.45) is 11.8 Å². The minimum absolute atomic E-state index is 0.0785. The van der Waals surface area contributed by atoms with Crippen LogP contribution in [0.3, 0.4) is 0 Å². The van der Waals surface area contributed by atoms with Crippen molar-refractivity contribution in [2.45, 2.75) is 55.3 Å². The molecule has 0 aliphatic heterocycles. The van der Waals surface area contributed by atoms with Crippen LogP contribution >= 0.6 is 0 Å². The average molecular weight is 410 g/mol. The molecule has 0 radical (unpaired) electrons. The Kier molecular flexibility index (Phi) is 7.06. The van der Waals surface area contributed by atoms with Crippen molar-refractivity contribution < 1.29 is 28.3 Å². The van der Waals surface area contributed by atoms with Gasteiger partial charge in [0.05, 0.1) is 11.0 Å². The summed E-state index contributed by atoms with van der Waals surface area (Å²) in [5, 5.41) is 19.1. The molecule has 1 amide bonds. The summed E-state index contributed by atoms with van der Waals surface area (Å²) >= 11 is 0. The fourth-order valence-electron chi connectivity index (χ4n) is 3.51. The summed E-state index contributed by atoms with van der Waals surface area (Å²) < 4.78 is 30.2. The Bertz CT molecular complexity index is 849. The molecular formula is C19H26N2O6S. The van der Waals surface area contributed by atoms with Gasteiger partial charge in [-0.1, -0.05) is 5.92 Å². The number of hydrogen-bond donors (Lipinski definition) is 3. The Labute approximate surface area is 165 Å². The van der Waals surface area contributed by atoms with Gasteiger partial charge in [-0.3, -0.25) is 10.0 Å². The first-order valence-electron chi connectivity index (χ1n) is 8.98. The Morgan fingerprint density at radius 3 is 2.36 bits per heavy atom. The smallest absolute Gasteiger partial charge is 0.282 e. The maximum Gasteiger partial charge on any atom is 0.282 e. The summed E-state index contributed by atoms with van der Waals surface area (Å²) in [6, 6.07) is 5.68. The number of hydrogen-bond acceptors (Lipinski definition) is 7. The number of ether oxygens (including phenoxy) is 1. The molecule has 28 heavy (non-hydrogen) atoms. The van der Waals surface area contributed by atoms with Crippen LogP contribution in [0, 0.1) is 17.8 Å². The predicted octanol–water partition coefficient (Wildman–Crippen LogP) is 1.26. The van der Waals surface area contributed by atoms with E-state index in [4.69, 9.17) is 10.6 Å². The second kappa shape index (κ2) is 8.92. The summed E-state index contributed by atoms with van der Waals surface area (Å²) in [6.45, 7) is 3.14. The summed E-state index contributed by atoms with van der Waals surface area (Å²) in [6.07, 6.45) is 0.888. The van der Waals surface area contributed by atoms with E-state index in [-0.39, 0.29) is 16.7 Å². The van der Waals surface area contributed by atoms with Crippen molar-refractivity contribution in [2.75, 3.05) is 6.61 Å². The Morgan fingerprint density at radius 1 is 1.29 bits per heavy atom. The van der Waals surface area contributed by atoms with Crippen molar-refractivity contribution >= 4 is 15.7 Å². The van der Waals surface area contributed by atoms with E-state index in [2.05, 4.69) is 11.8 Å². The molecule has 1 aliphatic carbocycles. The molecule has 1 aromatic rings. The van der Waals surface area contributed by atoms with Gasteiger partial charge < -0.3 is 9.84 Å². The lowest BCUT2D eigenvalue weighted by atomic mass is 9.78. The lowest BCUT2D eigenvalue weighted by Gasteiger charge is -2.39. The molecule has 8 nitrogen and oxygen atoms in total. The third-order valence-electron chi connectivity index (χ3n) is 5.29. The second-order valence-corrected chi connectivity index (χ2v) is 9.28. The van der Waals surface area contributed by atoms with Gasteiger partial charge in [-0.05, 0) is 69.7 Å². The van der Waals surface area contributed by atoms with E-state index in [0.29, 0.717) is 31.4 Å². The maximum atomic E-state index is 13.4. The number of hydrazine groups is 1. The van der Waals surface area contributed by atoms with E-state index in [0.717, 1.165) is 0 Å². The number of nitrogens with two attached hydrogens (primary N) is 1. The molecule has 0 heterocycles. The average Bonchev–Trinajstić information content (AvgIpc) is 2.67. The van der Waals surface area contributed by atoms with E-state index < -0.39 is 32.5 Å². The van der Waals surface area contributed by atoms with Gasteiger partial charge >= 0.3 is 0 Å². The summed E-state index contributed by atoms with van der Waals surface area (Å²) in [5.41, 5.74) is 0. The Balaban J connectivity index is 2.40. The van der Waals surface area contributed by atoms with Gasteiger partial charge in [0.15, 0.2) is 14.6 Å². The molecule has 1 fully saturated rings. The van der Waals surface area contributed by atoms with Crippen molar-refractivity contribution in [1.29, 1.82) is 0 Å². The zero-order valence-corrected chi connectivity index (χ0v) is 16.8. The molecule has 4 N–H and O–H groups in total. The third-order valence-corrected chi connectivity index (χ3v) is 7.81. The van der Waals surface area contributed by atoms with Crippen LogP contribution in [0.1, 0.15) is 39.5 Å². The van der Waals surface area contributed by atoms with E-state index in [9.17, 15) is 23.5 Å². The zero-order valence-electron chi connectivity index (χ0n) is 16.0. The van der Waals surface area contributed by atoms with Gasteiger partial charge in [0.25, 0.3) is 5.91 Å². The van der Waals surface area contributed by atoms with E-state index in [1.807, 2.05) is 0 Å². The molecule has 1 aromatic carbocycles. The van der Waals surface area contributed by atoms with Gasteiger partial charge in [0.2, 0.25) is 0 Å². The maximum absolute atomic E-state index is 13.4. The highest BCUT2D eigenvalue weighted by Gasteiger charge is 2.54. The predicted molar refractivity (Wildman–Crippen MR) is 102 cm³/mol. The topological polar surface area (TPSA) is 130 Å². The first kappa shape index (κ1) is 22.2. The number of carbonyl (C=O) groups excluding carboxylic acids is 1. The normalized spacial score (nSPS) is 21.8. The molecule has 0 unspecified atom stereocenters. The highest BCUT2D eigenvalue weighted by atomic mass is 32.2. The number of aliphatic hydroxyl groups is 1. The van der Waals surface area contributed by atoms with Crippen LogP contribution in [0.25, 0.3) is 0 Å². The van der Waals surface area contributed by atoms with Gasteiger partial charge in [-0.25, -0.2) is 14.3 Å². The van der Waals surface area contributed by atoms with Crippen LogP contribution in [-0.4, -0.2) is 47.3 Å². The van der Waals surface area contributed by atoms with Gasteiger partial charge in [0.1, 0.15) is 12.4 Å². The third kappa shape index (κ3) is 4.31. The van der Waals surface area contributed by atoms with Crippen molar-refractivity contribution in [3.05, 3.63) is 24.3 Å². The number of benzene rings is 1. The van der Waals surface area contributed by atoms with Crippen LogP contribution in [0.2, 0.25) is 0 Å². The number of rotatable bonds is 6. The lowest BCUT2D eigenvalue weighted by molar-refractivity contribution is -0.171. The minimum atomic E-state index is -4.20. The fraction of sp³-hybridized carbons (Fsp3) is 0.526. The number of nitrogens with zero attached hydrogens (tertiary/aromatic N) is 1. The number of sulfone groups is 1. The SMILES string of the molecule is CC#CCOc1ccc(S(=O)(=O)[C@@](C)(C(=O)N(N)O)C2CCC(O)CC2)cc1. The first-order chi connectivity index (χ1) is 13.1. The molecule has 0 aromatic heterocycles. The fourth-order valence-corrected chi connectivity index (χ4v) is 5.50. The van der Waals surface area contributed by atoms with Crippen LogP contribution in [0.4, 0.5) is 0 Å². The summed E-state index contributed by atoms with van der Waals surface area (Å²) in [7, 11) is -4.20. The molecule has 9 heteroatoms.